The smallest absolute Gasteiger partial charge is 0.419 e. The molecule has 0 saturated carbocycles. The van der Waals surface area contributed by atoms with Gasteiger partial charge in [0.2, 0.25) is 0 Å². The molecule has 5 rings (SSSR count). The van der Waals surface area contributed by atoms with Crippen molar-refractivity contribution >= 4 is 28.9 Å². The molecule has 3 aromatic rings. The van der Waals surface area contributed by atoms with Crippen LogP contribution in [0, 0.1) is 5.92 Å². The van der Waals surface area contributed by atoms with E-state index >= 15 is 0 Å². The molecule has 0 unspecified atom stereocenters. The topological polar surface area (TPSA) is 109 Å². The molecule has 248 valence electrons. The number of aromatic nitrogens is 3. The third-order valence-electron chi connectivity index (χ3n) is 8.75. The maximum absolute atomic E-state index is 14.1. The number of likely N-dealkylation sites (tertiary alicyclic amines) is 1. The van der Waals surface area contributed by atoms with E-state index in [2.05, 4.69) is 21.8 Å². The number of ketones is 1. The summed E-state index contributed by atoms with van der Waals surface area (Å²) in [7, 11) is 0. The second-order valence-electron chi connectivity index (χ2n) is 12.1. The summed E-state index contributed by atoms with van der Waals surface area (Å²) in [5.41, 5.74) is 0.106. The number of aliphatic carboxylic acids is 1. The Hall–Kier alpha value is -3.58. The molecule has 0 aliphatic carbocycles. The number of piperidine rings is 2. The lowest BCUT2D eigenvalue weighted by atomic mass is 9.97. The zero-order valence-corrected chi connectivity index (χ0v) is 27.0. The molecule has 4 heterocycles. The minimum absolute atomic E-state index is 0.0599. The highest BCUT2D eigenvalue weighted by molar-refractivity contribution is 7.12. The summed E-state index contributed by atoms with van der Waals surface area (Å²) >= 11 is 1.35. The highest BCUT2D eigenvalue weighted by Crippen LogP contribution is 2.40. The number of ether oxygens (including phenoxy) is 1. The number of nitrogens with zero attached hydrogens (tertiary/aromatic N) is 5. The molecular weight excluding hydrogens is 619 g/mol. The number of Topliss-reactive ketones (excluding diaryl/α,β-unsaturated/α-hetero) is 1. The van der Waals surface area contributed by atoms with E-state index in [1.807, 2.05) is 11.8 Å². The molecule has 2 aromatic heterocycles. The Bertz CT molecular complexity index is 1510. The van der Waals surface area contributed by atoms with Crippen LogP contribution in [-0.4, -0.2) is 69.0 Å². The minimum atomic E-state index is -4.61. The molecule has 0 bridgehead atoms. The van der Waals surface area contributed by atoms with Crippen LogP contribution in [0.3, 0.4) is 0 Å². The number of thiazole rings is 1. The van der Waals surface area contributed by atoms with Crippen LogP contribution in [0.2, 0.25) is 0 Å². The first-order valence-corrected chi connectivity index (χ1v) is 16.7. The average molecular weight is 660 g/mol. The van der Waals surface area contributed by atoms with E-state index in [-0.39, 0.29) is 36.2 Å². The van der Waals surface area contributed by atoms with Gasteiger partial charge in [0.15, 0.2) is 5.78 Å². The van der Waals surface area contributed by atoms with Crippen LogP contribution in [0.4, 0.5) is 19.0 Å². The number of hydrogen-bond donors (Lipinski definition) is 1. The number of alkyl halides is 3. The van der Waals surface area contributed by atoms with Gasteiger partial charge in [0.1, 0.15) is 22.3 Å². The largest absolute Gasteiger partial charge is 0.493 e. The van der Waals surface area contributed by atoms with E-state index in [1.165, 1.54) is 29.8 Å². The molecular formula is C33H40F3N5O4S. The van der Waals surface area contributed by atoms with Crippen molar-refractivity contribution in [3.63, 3.8) is 0 Å². The monoisotopic (exact) mass is 659 g/mol. The molecule has 1 N–H and O–H groups in total. The number of anilines is 1. The molecule has 1 aromatic carbocycles. The van der Waals surface area contributed by atoms with Crippen molar-refractivity contribution in [3.05, 3.63) is 51.7 Å². The summed E-state index contributed by atoms with van der Waals surface area (Å²) in [6, 6.07) is 4.42. The van der Waals surface area contributed by atoms with Gasteiger partial charge in [-0.25, -0.2) is 15.0 Å². The highest BCUT2D eigenvalue weighted by atomic mass is 32.1. The molecule has 1 atom stereocenters. The molecule has 13 heteroatoms. The fourth-order valence-electron chi connectivity index (χ4n) is 5.95. The predicted octanol–water partition coefficient (Wildman–Crippen LogP) is 6.90. The van der Waals surface area contributed by atoms with Crippen LogP contribution >= 0.6 is 11.3 Å². The number of carboxylic acid groups (broad SMARTS) is 1. The number of hydrogen-bond acceptors (Lipinski definition) is 9. The van der Waals surface area contributed by atoms with Gasteiger partial charge in [-0.1, -0.05) is 19.8 Å². The van der Waals surface area contributed by atoms with Crippen LogP contribution < -0.4 is 9.64 Å². The summed E-state index contributed by atoms with van der Waals surface area (Å²) in [5.74, 6) is -1.07. The molecule has 2 aliphatic heterocycles. The van der Waals surface area contributed by atoms with Crippen molar-refractivity contribution in [1.82, 2.24) is 19.9 Å². The molecule has 2 fully saturated rings. The summed E-state index contributed by atoms with van der Waals surface area (Å²) in [6.07, 6.45) is 4.00. The third-order valence-corrected chi connectivity index (χ3v) is 9.79. The lowest BCUT2D eigenvalue weighted by molar-refractivity contribution is -0.142. The Morgan fingerprint density at radius 1 is 1.09 bits per heavy atom. The van der Waals surface area contributed by atoms with Crippen molar-refractivity contribution in [1.29, 1.82) is 0 Å². The molecule has 2 saturated heterocycles. The Morgan fingerprint density at radius 3 is 2.52 bits per heavy atom. The van der Waals surface area contributed by atoms with Crippen LogP contribution in [0.25, 0.3) is 11.3 Å². The van der Waals surface area contributed by atoms with E-state index in [1.54, 1.807) is 6.07 Å². The van der Waals surface area contributed by atoms with Gasteiger partial charge in [-0.05, 0) is 63.8 Å². The standard InChI is InChI=1S/C33H40F3N5O4S/c1-3-4-15-45-27-9-8-23(16-24(27)33(34,35)36)31-28(20-41-12-6-5-7-21(41)2)46-30(39-31)17-26(42)25-18-38-29(19-37-25)40-13-10-22(11-14-40)32(43)44/h8-9,16,18-19,21-22H,3-7,10-15,17,20H2,1-2H3,(H,43,44)/t21-/m1/s1. The van der Waals surface area contributed by atoms with E-state index in [4.69, 9.17) is 9.72 Å². The molecule has 0 amide bonds. The third kappa shape index (κ3) is 8.22. The number of halogens is 3. The second-order valence-corrected chi connectivity index (χ2v) is 13.2. The van der Waals surface area contributed by atoms with Crippen molar-refractivity contribution < 1.29 is 32.6 Å². The average Bonchev–Trinajstić information content (AvgIpc) is 3.43. The zero-order valence-electron chi connectivity index (χ0n) is 26.2. The van der Waals surface area contributed by atoms with E-state index < -0.39 is 17.7 Å². The zero-order chi connectivity index (χ0) is 32.8. The fourth-order valence-corrected chi connectivity index (χ4v) is 7.06. The summed E-state index contributed by atoms with van der Waals surface area (Å²) < 4.78 is 47.9. The van der Waals surface area contributed by atoms with Crippen molar-refractivity contribution in [2.45, 2.75) is 84.0 Å². The van der Waals surface area contributed by atoms with Gasteiger partial charge in [-0.15, -0.1) is 11.3 Å². The fraction of sp³-hybridized carbons (Fsp3) is 0.545. The quantitative estimate of drug-likeness (QED) is 0.164. The van der Waals surface area contributed by atoms with Crippen LogP contribution in [0.5, 0.6) is 5.75 Å². The first kappa shape index (κ1) is 33.8. The number of unbranched alkanes of at least 4 members (excludes halogenated alkanes) is 1. The van der Waals surface area contributed by atoms with Crippen molar-refractivity contribution in [2.24, 2.45) is 5.92 Å². The van der Waals surface area contributed by atoms with Crippen molar-refractivity contribution in [2.75, 3.05) is 31.1 Å². The lowest BCUT2D eigenvalue weighted by Crippen LogP contribution is -2.36. The number of carbonyl (C=O) groups excluding carboxylic acids is 1. The van der Waals surface area contributed by atoms with Crippen LogP contribution in [0.1, 0.15) is 84.7 Å². The Morgan fingerprint density at radius 2 is 1.87 bits per heavy atom. The summed E-state index contributed by atoms with van der Waals surface area (Å²) in [4.78, 5) is 43.1. The van der Waals surface area contributed by atoms with Gasteiger partial charge in [0, 0.05) is 36.1 Å². The van der Waals surface area contributed by atoms with Gasteiger partial charge in [-0.2, -0.15) is 13.2 Å². The maximum atomic E-state index is 14.1. The van der Waals surface area contributed by atoms with E-state index in [9.17, 15) is 27.9 Å². The van der Waals surface area contributed by atoms with Gasteiger partial charge in [0.25, 0.3) is 0 Å². The number of benzene rings is 1. The summed E-state index contributed by atoms with van der Waals surface area (Å²) in [6.45, 7) is 6.82. The van der Waals surface area contributed by atoms with Crippen LogP contribution in [0.15, 0.2) is 30.6 Å². The first-order valence-electron chi connectivity index (χ1n) is 15.9. The molecule has 46 heavy (non-hydrogen) atoms. The van der Waals surface area contributed by atoms with Crippen molar-refractivity contribution in [3.8, 4) is 17.0 Å². The molecule has 9 nitrogen and oxygen atoms in total. The Kier molecular flexibility index (Phi) is 10.9. The lowest BCUT2D eigenvalue weighted by Gasteiger charge is -2.33. The first-order chi connectivity index (χ1) is 22.0. The molecule has 0 radical (unpaired) electrons. The van der Waals surface area contributed by atoms with E-state index in [0.717, 1.165) is 43.2 Å². The Labute approximate surface area is 270 Å². The summed E-state index contributed by atoms with van der Waals surface area (Å²) in [5, 5.41) is 9.74. The molecule has 2 aliphatic rings. The van der Waals surface area contributed by atoms with Gasteiger partial charge < -0.3 is 14.7 Å². The highest BCUT2D eigenvalue weighted by Gasteiger charge is 2.35. The minimum Gasteiger partial charge on any atom is -0.493 e. The molecule has 0 spiro atoms. The Balaban J connectivity index is 1.38. The number of carbonyl (C=O) groups is 2. The van der Waals surface area contributed by atoms with Gasteiger partial charge in [-0.3, -0.25) is 14.5 Å². The van der Waals surface area contributed by atoms with Crippen LogP contribution in [-0.2, 0) is 23.9 Å². The number of rotatable bonds is 12. The second kappa shape index (κ2) is 14.9. The predicted molar refractivity (Wildman–Crippen MR) is 169 cm³/mol. The maximum Gasteiger partial charge on any atom is 0.419 e. The number of carboxylic acids is 1. The van der Waals surface area contributed by atoms with Gasteiger partial charge in [0.05, 0.1) is 42.6 Å². The SMILES string of the molecule is CCCCOc1ccc(-c2nc(CC(=O)c3cnc(N4CCC(C(=O)O)CC4)cn3)sc2CN2CCCC[C@H]2C)cc1C(F)(F)F. The van der Waals surface area contributed by atoms with E-state index in [0.29, 0.717) is 67.0 Å². The normalized spacial score (nSPS) is 18.1. The van der Waals surface area contributed by atoms with Gasteiger partial charge >= 0.3 is 12.1 Å².